The van der Waals surface area contributed by atoms with Gasteiger partial charge in [-0.25, -0.2) is 4.98 Å². The fourth-order valence-corrected chi connectivity index (χ4v) is 8.79. The van der Waals surface area contributed by atoms with Crippen LogP contribution in [0.3, 0.4) is 0 Å². The zero-order chi connectivity index (χ0) is 30.6. The summed E-state index contributed by atoms with van der Waals surface area (Å²) in [6.07, 6.45) is 1.70. The fraction of sp³-hybridized carbons (Fsp3) is 0.444. The van der Waals surface area contributed by atoms with Crippen LogP contribution in [0.2, 0.25) is 5.02 Å². The molecule has 0 radical (unpaired) electrons. The number of nitrogens with one attached hydrogen (secondary N) is 1. The molecule has 4 atom stereocenters. The second kappa shape index (κ2) is 11.2. The van der Waals surface area contributed by atoms with E-state index in [1.807, 2.05) is 0 Å². The SMILES string of the molecule is Nc1nc(CC(=O)N[C@@H]2C(=O)N3C(C(=O)[O-])=C(C[N+]45CCCC4CN(C(=O)c4ccc(O)c(O)c4Cl)CC5)CS[C@H]23)cs1. The van der Waals surface area contributed by atoms with Crippen molar-refractivity contribution < 1.29 is 39.0 Å². The first-order valence-corrected chi connectivity index (χ1v) is 16.0. The van der Waals surface area contributed by atoms with E-state index in [-0.39, 0.29) is 34.7 Å². The molecule has 4 aliphatic rings. The number of quaternary nitrogens is 1. The number of amides is 3. The van der Waals surface area contributed by atoms with Crippen LogP contribution < -0.4 is 16.2 Å². The van der Waals surface area contributed by atoms with Gasteiger partial charge in [0.15, 0.2) is 16.6 Å². The quantitative estimate of drug-likeness (QED) is 0.179. The van der Waals surface area contributed by atoms with E-state index < -0.39 is 40.7 Å². The number of piperazine rings is 1. The molecule has 3 amide bonds. The average molecular weight is 649 g/mol. The Morgan fingerprint density at radius 2 is 2.05 bits per heavy atom. The molecule has 1 aromatic carbocycles. The van der Waals surface area contributed by atoms with Crippen LogP contribution in [0.1, 0.15) is 28.9 Å². The molecule has 2 aromatic rings. The molecular formula is C27H29ClN6O7S2. The lowest BCUT2D eigenvalue weighted by Gasteiger charge is -2.52. The Morgan fingerprint density at radius 1 is 1.26 bits per heavy atom. The monoisotopic (exact) mass is 648 g/mol. The molecule has 3 saturated heterocycles. The van der Waals surface area contributed by atoms with Gasteiger partial charge in [0.25, 0.3) is 11.8 Å². The highest BCUT2D eigenvalue weighted by atomic mass is 35.5. The van der Waals surface area contributed by atoms with E-state index in [0.717, 1.165) is 19.4 Å². The smallest absolute Gasteiger partial charge is 0.255 e. The first-order chi connectivity index (χ1) is 20.5. The molecule has 0 spiro atoms. The predicted octanol–water partition coefficient (Wildman–Crippen LogP) is -0.128. The molecule has 0 bridgehead atoms. The Bertz CT molecular complexity index is 1570. The lowest BCUT2D eigenvalue weighted by Crippen LogP contribution is -2.72. The van der Waals surface area contributed by atoms with Crippen molar-refractivity contribution in [1.82, 2.24) is 20.1 Å². The molecule has 2 unspecified atom stereocenters. The van der Waals surface area contributed by atoms with Crippen LogP contribution in [0.15, 0.2) is 28.8 Å². The third kappa shape index (κ3) is 5.17. The highest BCUT2D eigenvalue weighted by molar-refractivity contribution is 8.00. The van der Waals surface area contributed by atoms with Gasteiger partial charge in [0.05, 0.1) is 60.5 Å². The summed E-state index contributed by atoms with van der Waals surface area (Å²) in [6.45, 7) is 2.59. The highest BCUT2D eigenvalue weighted by Crippen LogP contribution is 2.43. The highest BCUT2D eigenvalue weighted by Gasteiger charge is 2.55. The fourth-order valence-electron chi connectivity index (χ4n) is 6.65. The number of nitrogens with zero attached hydrogens (tertiary/aromatic N) is 4. The molecule has 0 saturated carbocycles. The van der Waals surface area contributed by atoms with Crippen LogP contribution in [-0.2, 0) is 20.8 Å². The van der Waals surface area contributed by atoms with Gasteiger partial charge in [-0.15, -0.1) is 23.1 Å². The number of carboxylic acid groups (broad SMARTS) is 1. The molecule has 5 N–H and O–H groups in total. The Labute approximate surface area is 259 Å². The third-order valence-electron chi connectivity index (χ3n) is 8.75. The van der Waals surface area contributed by atoms with Crippen LogP contribution in [0, 0.1) is 0 Å². The summed E-state index contributed by atoms with van der Waals surface area (Å²) < 4.78 is 0.592. The van der Waals surface area contributed by atoms with Crippen LogP contribution in [0.25, 0.3) is 0 Å². The maximum atomic E-state index is 13.3. The zero-order valence-corrected chi connectivity index (χ0v) is 25.2. The van der Waals surface area contributed by atoms with Crippen molar-refractivity contribution in [3.8, 4) is 11.5 Å². The number of nitrogen functional groups attached to an aromatic ring is 1. The maximum absolute atomic E-state index is 13.3. The second-order valence-corrected chi connectivity index (χ2v) is 13.6. The molecule has 5 heterocycles. The zero-order valence-electron chi connectivity index (χ0n) is 22.8. The van der Waals surface area contributed by atoms with E-state index in [0.29, 0.717) is 52.8 Å². The van der Waals surface area contributed by atoms with E-state index in [9.17, 15) is 34.5 Å². The second-order valence-electron chi connectivity index (χ2n) is 11.2. The average Bonchev–Trinajstić information content (AvgIpc) is 3.58. The number of halogens is 1. The number of hydrogen-bond acceptors (Lipinski definition) is 11. The van der Waals surface area contributed by atoms with Crippen LogP contribution in [-0.4, -0.2) is 109 Å². The van der Waals surface area contributed by atoms with Crippen LogP contribution in [0.4, 0.5) is 5.13 Å². The van der Waals surface area contributed by atoms with Crippen molar-refractivity contribution in [2.75, 3.05) is 44.2 Å². The Balaban J connectivity index is 1.16. The lowest BCUT2D eigenvalue weighted by molar-refractivity contribution is -0.938. The minimum Gasteiger partial charge on any atom is -0.543 e. The maximum Gasteiger partial charge on any atom is 0.255 e. The molecule has 228 valence electrons. The number of rotatable bonds is 7. The van der Waals surface area contributed by atoms with Gasteiger partial charge in [0.1, 0.15) is 24.0 Å². The van der Waals surface area contributed by atoms with Gasteiger partial charge in [-0.2, -0.15) is 0 Å². The van der Waals surface area contributed by atoms with Crippen LogP contribution >= 0.6 is 34.7 Å². The van der Waals surface area contributed by atoms with E-state index in [1.165, 1.54) is 40.1 Å². The number of aromatic nitrogens is 1. The number of β-lactam (4-membered cyclic amide) rings is 1. The number of thiazole rings is 1. The number of carbonyl (C=O) groups is 4. The molecule has 0 aliphatic carbocycles. The Morgan fingerprint density at radius 3 is 2.77 bits per heavy atom. The Kier molecular flexibility index (Phi) is 7.69. The number of nitrogens with two attached hydrogens (primary N) is 1. The number of carbonyl (C=O) groups excluding carboxylic acids is 4. The van der Waals surface area contributed by atoms with Crippen molar-refractivity contribution in [3.63, 3.8) is 0 Å². The number of anilines is 1. The van der Waals surface area contributed by atoms with Gasteiger partial charge in [0.2, 0.25) is 5.91 Å². The number of thioether (sulfide) groups is 1. The molecule has 16 heteroatoms. The van der Waals surface area contributed by atoms with Crippen molar-refractivity contribution in [3.05, 3.63) is 45.1 Å². The number of hydrogen-bond donors (Lipinski definition) is 4. The first-order valence-electron chi connectivity index (χ1n) is 13.7. The molecule has 13 nitrogen and oxygen atoms in total. The summed E-state index contributed by atoms with van der Waals surface area (Å²) >= 11 is 8.77. The van der Waals surface area contributed by atoms with Gasteiger partial charge in [-0.1, -0.05) is 11.6 Å². The molecule has 43 heavy (non-hydrogen) atoms. The van der Waals surface area contributed by atoms with Crippen molar-refractivity contribution in [2.24, 2.45) is 0 Å². The van der Waals surface area contributed by atoms with Gasteiger partial charge < -0.3 is 40.5 Å². The molecule has 3 fully saturated rings. The summed E-state index contributed by atoms with van der Waals surface area (Å²) in [4.78, 5) is 58.4. The molecule has 1 aromatic heterocycles. The third-order valence-corrected chi connectivity index (χ3v) is 11.2. The summed E-state index contributed by atoms with van der Waals surface area (Å²) in [5.41, 5.74) is 6.69. The van der Waals surface area contributed by atoms with Crippen molar-refractivity contribution in [2.45, 2.75) is 36.7 Å². The van der Waals surface area contributed by atoms with Crippen molar-refractivity contribution in [1.29, 1.82) is 0 Å². The van der Waals surface area contributed by atoms with E-state index in [2.05, 4.69) is 10.3 Å². The molecule has 4 aliphatic heterocycles. The number of carboxylic acids is 1. The van der Waals surface area contributed by atoms with Gasteiger partial charge >= 0.3 is 0 Å². The standard InChI is InChI=1S/C27H29ClN6O7S2/c28-19-16(3-4-17(35)22(19)37)23(38)32-5-7-34(6-1-2-15(34)9-32)10-13-11-42-25-20(24(39)33(25)21(13)26(40)41)31-18(36)8-14-12-43-27(29)30-14/h3-4,12,15,20,25H,1-2,5-11H2,(H5-,29,30,31,35,36,37,38,40,41)/t15?,20-,25-,34?/m1/s1. The summed E-state index contributed by atoms with van der Waals surface area (Å²) in [5, 5.41) is 36.0. The lowest BCUT2D eigenvalue weighted by atomic mass is 10.0. The Hall–Kier alpha value is -3.53. The topological polar surface area (TPSA) is 189 Å². The minimum atomic E-state index is -1.43. The number of aromatic hydroxyl groups is 2. The predicted molar refractivity (Wildman–Crippen MR) is 156 cm³/mol. The summed E-state index contributed by atoms with van der Waals surface area (Å²) in [5.74, 6) is -3.27. The minimum absolute atomic E-state index is 0.0374. The number of fused-ring (bicyclic) bond motifs is 2. The van der Waals surface area contributed by atoms with Gasteiger partial charge in [-0.05, 0) is 12.1 Å². The van der Waals surface area contributed by atoms with E-state index in [4.69, 9.17) is 17.3 Å². The first kappa shape index (κ1) is 29.5. The van der Waals surface area contributed by atoms with Crippen LogP contribution in [0.5, 0.6) is 11.5 Å². The van der Waals surface area contributed by atoms with Crippen molar-refractivity contribution >= 4 is 63.5 Å². The van der Waals surface area contributed by atoms with E-state index >= 15 is 0 Å². The number of benzene rings is 1. The molecular weight excluding hydrogens is 620 g/mol. The molecule has 6 rings (SSSR count). The number of phenolic OH excluding ortho intramolecular Hbond substituents is 2. The number of phenols is 2. The summed E-state index contributed by atoms with van der Waals surface area (Å²) in [7, 11) is 0. The van der Waals surface area contributed by atoms with E-state index in [1.54, 1.807) is 10.3 Å². The number of aliphatic carboxylic acids is 1. The summed E-state index contributed by atoms with van der Waals surface area (Å²) in [6, 6.07) is 1.79. The normalized spacial score (nSPS) is 26.5. The largest absolute Gasteiger partial charge is 0.543 e. The van der Waals surface area contributed by atoms with Gasteiger partial charge in [-0.3, -0.25) is 19.3 Å². The van der Waals surface area contributed by atoms with Gasteiger partial charge in [0, 0.05) is 29.5 Å².